The smallest absolute Gasteiger partial charge is 0.388 e. The van der Waals surface area contributed by atoms with Gasteiger partial charge in [0.15, 0.2) is 0 Å². The predicted molar refractivity (Wildman–Crippen MR) is 53.7 cm³/mol. The Kier molecular flexibility index (Phi) is 3.91. The molecule has 0 saturated carbocycles. The average Bonchev–Trinajstić information content (AvgIpc) is 2.15. The van der Waals surface area contributed by atoms with Crippen molar-refractivity contribution in [3.05, 3.63) is 29.6 Å². The third kappa shape index (κ3) is 3.48. The Morgan fingerprint density at radius 3 is 2.31 bits per heavy atom. The summed E-state index contributed by atoms with van der Waals surface area (Å²) in [5.41, 5.74) is -0.519. The monoisotopic (exact) mass is 233 g/mol. The van der Waals surface area contributed by atoms with Crippen LogP contribution in [0.5, 0.6) is 0 Å². The van der Waals surface area contributed by atoms with E-state index in [4.69, 9.17) is 0 Å². The minimum Gasteiger partial charge on any atom is -0.388 e. The second-order valence-electron chi connectivity index (χ2n) is 4.12. The highest BCUT2D eigenvalue weighted by Crippen LogP contribution is 2.28. The van der Waals surface area contributed by atoms with Gasteiger partial charge < -0.3 is 5.11 Å². The first kappa shape index (κ1) is 13.0. The summed E-state index contributed by atoms with van der Waals surface area (Å²) < 4.78 is 36.6. The fraction of sp³-hybridized carbons (Fsp3) is 0.545. The highest BCUT2D eigenvalue weighted by Gasteiger charge is 2.32. The highest BCUT2D eigenvalue weighted by atomic mass is 19.4. The summed E-state index contributed by atoms with van der Waals surface area (Å²) in [4.78, 5) is 3.29. The number of rotatable bonds is 3. The molecule has 0 spiro atoms. The van der Waals surface area contributed by atoms with Crippen molar-refractivity contribution in [3.8, 4) is 0 Å². The van der Waals surface area contributed by atoms with Crippen LogP contribution in [0.1, 0.15) is 37.6 Å². The van der Waals surface area contributed by atoms with Gasteiger partial charge in [0.05, 0.1) is 6.10 Å². The number of aliphatic hydroxyl groups excluding tert-OH is 1. The summed E-state index contributed by atoms with van der Waals surface area (Å²) >= 11 is 0. The molecule has 0 saturated heterocycles. The van der Waals surface area contributed by atoms with E-state index in [9.17, 15) is 18.3 Å². The molecule has 2 nitrogen and oxygen atoms in total. The third-order valence-corrected chi connectivity index (χ3v) is 2.16. The molecule has 0 radical (unpaired) electrons. The number of pyridine rings is 1. The van der Waals surface area contributed by atoms with E-state index >= 15 is 0 Å². The number of aromatic nitrogens is 1. The van der Waals surface area contributed by atoms with Gasteiger partial charge in [-0.15, -0.1) is 0 Å². The van der Waals surface area contributed by atoms with Gasteiger partial charge in [-0.2, -0.15) is 13.2 Å². The van der Waals surface area contributed by atoms with Crippen LogP contribution in [0.25, 0.3) is 0 Å². The Balaban J connectivity index is 2.79. The summed E-state index contributed by atoms with van der Waals surface area (Å²) in [7, 11) is 0. The average molecular weight is 233 g/mol. The quantitative estimate of drug-likeness (QED) is 0.869. The van der Waals surface area contributed by atoms with Crippen LogP contribution in [0.15, 0.2) is 18.3 Å². The number of halogens is 3. The maximum absolute atomic E-state index is 12.2. The minimum absolute atomic E-state index is 0.275. The van der Waals surface area contributed by atoms with Gasteiger partial charge in [-0.05, 0) is 24.0 Å². The zero-order valence-electron chi connectivity index (χ0n) is 9.12. The van der Waals surface area contributed by atoms with Gasteiger partial charge in [-0.3, -0.25) is 4.98 Å². The van der Waals surface area contributed by atoms with Gasteiger partial charge in [0, 0.05) is 6.20 Å². The fourth-order valence-electron chi connectivity index (χ4n) is 1.35. The van der Waals surface area contributed by atoms with Crippen molar-refractivity contribution >= 4 is 0 Å². The SMILES string of the molecule is CC(C)CC(O)c1ccc(C(F)(F)F)nc1. The molecule has 90 valence electrons. The van der Waals surface area contributed by atoms with Crippen molar-refractivity contribution in [2.45, 2.75) is 32.5 Å². The Labute approximate surface area is 92.1 Å². The molecule has 1 rings (SSSR count). The molecule has 5 heteroatoms. The summed E-state index contributed by atoms with van der Waals surface area (Å²) in [6.07, 6.45) is -3.60. The van der Waals surface area contributed by atoms with E-state index in [1.165, 1.54) is 6.07 Å². The third-order valence-electron chi connectivity index (χ3n) is 2.16. The van der Waals surface area contributed by atoms with Crippen molar-refractivity contribution in [3.63, 3.8) is 0 Å². The van der Waals surface area contributed by atoms with E-state index in [0.717, 1.165) is 12.3 Å². The van der Waals surface area contributed by atoms with Gasteiger partial charge in [-0.1, -0.05) is 19.9 Å². The minimum atomic E-state index is -4.43. The Hall–Kier alpha value is -1.10. The van der Waals surface area contributed by atoms with Gasteiger partial charge in [0.2, 0.25) is 0 Å². The Morgan fingerprint density at radius 2 is 1.94 bits per heavy atom. The molecule has 1 N–H and O–H groups in total. The zero-order chi connectivity index (χ0) is 12.3. The summed E-state index contributed by atoms with van der Waals surface area (Å²) in [5.74, 6) is 0.275. The predicted octanol–water partition coefficient (Wildman–Crippen LogP) is 3.18. The molecule has 0 amide bonds. The summed E-state index contributed by atoms with van der Waals surface area (Å²) in [6, 6.07) is 2.15. The molecule has 0 aliphatic heterocycles. The topological polar surface area (TPSA) is 33.1 Å². The number of aliphatic hydroxyl groups is 1. The van der Waals surface area contributed by atoms with E-state index in [1.54, 1.807) is 0 Å². The fourth-order valence-corrected chi connectivity index (χ4v) is 1.35. The molecule has 1 aromatic heterocycles. The largest absolute Gasteiger partial charge is 0.433 e. The highest BCUT2D eigenvalue weighted by molar-refractivity contribution is 5.18. The van der Waals surface area contributed by atoms with Crippen molar-refractivity contribution < 1.29 is 18.3 Å². The van der Waals surface area contributed by atoms with E-state index in [-0.39, 0.29) is 5.92 Å². The molecule has 0 bridgehead atoms. The van der Waals surface area contributed by atoms with E-state index in [0.29, 0.717) is 12.0 Å². The first-order chi connectivity index (χ1) is 7.30. The van der Waals surface area contributed by atoms with Crippen LogP contribution in [0.3, 0.4) is 0 Å². The van der Waals surface area contributed by atoms with E-state index < -0.39 is 18.0 Å². The van der Waals surface area contributed by atoms with Crippen molar-refractivity contribution in [1.82, 2.24) is 4.98 Å². The molecule has 0 aliphatic carbocycles. The maximum Gasteiger partial charge on any atom is 0.433 e. The molecular weight excluding hydrogens is 219 g/mol. The molecule has 0 aliphatic rings. The van der Waals surface area contributed by atoms with Gasteiger partial charge in [0.25, 0.3) is 0 Å². The van der Waals surface area contributed by atoms with E-state index in [2.05, 4.69) is 4.98 Å². The van der Waals surface area contributed by atoms with Gasteiger partial charge >= 0.3 is 6.18 Å². The zero-order valence-corrected chi connectivity index (χ0v) is 9.12. The molecule has 0 aromatic carbocycles. The van der Waals surface area contributed by atoms with Crippen LogP contribution in [-0.2, 0) is 6.18 Å². The van der Waals surface area contributed by atoms with Crippen molar-refractivity contribution in [2.24, 2.45) is 5.92 Å². The molecule has 0 fully saturated rings. The normalized spacial score (nSPS) is 14.2. The number of nitrogens with zero attached hydrogens (tertiary/aromatic N) is 1. The van der Waals surface area contributed by atoms with Crippen molar-refractivity contribution in [2.75, 3.05) is 0 Å². The van der Waals surface area contributed by atoms with Crippen LogP contribution < -0.4 is 0 Å². The van der Waals surface area contributed by atoms with Crippen LogP contribution >= 0.6 is 0 Å². The van der Waals surface area contributed by atoms with Crippen molar-refractivity contribution in [1.29, 1.82) is 0 Å². The first-order valence-electron chi connectivity index (χ1n) is 5.02. The lowest BCUT2D eigenvalue weighted by molar-refractivity contribution is -0.141. The summed E-state index contributed by atoms with van der Waals surface area (Å²) in [6.45, 7) is 3.86. The number of hydrogen-bond donors (Lipinski definition) is 1. The molecule has 1 aromatic rings. The van der Waals surface area contributed by atoms with E-state index in [1.807, 2.05) is 13.8 Å². The maximum atomic E-state index is 12.2. The van der Waals surface area contributed by atoms with Crippen LogP contribution in [0.4, 0.5) is 13.2 Å². The Morgan fingerprint density at radius 1 is 1.31 bits per heavy atom. The van der Waals surface area contributed by atoms with Crippen LogP contribution in [0, 0.1) is 5.92 Å². The van der Waals surface area contributed by atoms with Gasteiger partial charge in [0.1, 0.15) is 5.69 Å². The Bertz CT molecular complexity index is 332. The second kappa shape index (κ2) is 4.82. The first-order valence-corrected chi connectivity index (χ1v) is 5.02. The number of hydrogen-bond acceptors (Lipinski definition) is 2. The standard InChI is InChI=1S/C11H14F3NO/c1-7(2)5-9(16)8-3-4-10(15-6-8)11(12,13)14/h3-4,6-7,9,16H,5H2,1-2H3. The lowest BCUT2D eigenvalue weighted by Crippen LogP contribution is -2.09. The second-order valence-corrected chi connectivity index (χ2v) is 4.12. The molecule has 1 atom stereocenters. The lowest BCUT2D eigenvalue weighted by Gasteiger charge is -2.13. The molecule has 16 heavy (non-hydrogen) atoms. The van der Waals surface area contributed by atoms with Crippen LogP contribution in [0.2, 0.25) is 0 Å². The van der Waals surface area contributed by atoms with Crippen LogP contribution in [-0.4, -0.2) is 10.1 Å². The molecule has 1 unspecified atom stereocenters. The number of alkyl halides is 3. The van der Waals surface area contributed by atoms with Gasteiger partial charge in [-0.25, -0.2) is 0 Å². The lowest BCUT2D eigenvalue weighted by atomic mass is 10.0. The molecule has 1 heterocycles. The summed E-state index contributed by atoms with van der Waals surface area (Å²) in [5, 5.41) is 9.66. The molecular formula is C11H14F3NO.